The Bertz CT molecular complexity index is 835. The van der Waals surface area contributed by atoms with Crippen LogP contribution < -0.4 is 4.90 Å². The van der Waals surface area contributed by atoms with Crippen LogP contribution in [0.1, 0.15) is 58.4 Å². The second-order valence-electron chi connectivity index (χ2n) is 9.59. The Morgan fingerprint density at radius 2 is 1.87 bits per heavy atom. The molecule has 2 fully saturated rings. The lowest BCUT2D eigenvalue weighted by molar-refractivity contribution is -0.116. The van der Waals surface area contributed by atoms with Crippen LogP contribution in [0, 0.1) is 5.82 Å². The third-order valence-corrected chi connectivity index (χ3v) is 7.23. The van der Waals surface area contributed by atoms with Gasteiger partial charge in [0.15, 0.2) is 0 Å². The summed E-state index contributed by atoms with van der Waals surface area (Å²) < 4.78 is 19.4. The summed E-state index contributed by atoms with van der Waals surface area (Å²) in [4.78, 5) is 30.7. The van der Waals surface area contributed by atoms with Crippen molar-refractivity contribution in [3.63, 3.8) is 0 Å². The number of carbonyl (C=O) groups excluding carboxylic acids is 2. The first-order valence-electron chi connectivity index (χ1n) is 11.6. The number of halogens is 1. The fourth-order valence-corrected chi connectivity index (χ4v) is 5.57. The number of hydrogen-bond donors (Lipinski definition) is 0. The molecule has 1 aromatic rings. The first-order chi connectivity index (χ1) is 14.8. The van der Waals surface area contributed by atoms with Crippen molar-refractivity contribution in [3.05, 3.63) is 29.6 Å². The number of ether oxygens (including phenoxy) is 1. The molecule has 0 radical (unpaired) electrons. The van der Waals surface area contributed by atoms with Gasteiger partial charge < -0.3 is 19.4 Å². The summed E-state index contributed by atoms with van der Waals surface area (Å²) in [6, 6.07) is 5.29. The highest BCUT2D eigenvalue weighted by Crippen LogP contribution is 2.47. The van der Waals surface area contributed by atoms with Gasteiger partial charge >= 0.3 is 6.09 Å². The Hall–Kier alpha value is -2.15. The average Bonchev–Trinajstić information content (AvgIpc) is 2.88. The maximum Gasteiger partial charge on any atom is 0.410 e. The van der Waals surface area contributed by atoms with Gasteiger partial charge in [0.25, 0.3) is 0 Å². The molecule has 1 aromatic carbocycles. The van der Waals surface area contributed by atoms with Crippen LogP contribution in [-0.4, -0.2) is 66.7 Å². The summed E-state index contributed by atoms with van der Waals surface area (Å²) in [6.45, 7) is 9.33. The molecule has 4 rings (SSSR count). The second kappa shape index (κ2) is 8.77. The molecule has 1 spiro atoms. The minimum absolute atomic E-state index is 0.0179. The van der Waals surface area contributed by atoms with Crippen LogP contribution in [0.25, 0.3) is 0 Å². The highest BCUT2D eigenvalue weighted by molar-refractivity contribution is 5.94. The molecular formula is C24H34FN3O3. The fourth-order valence-electron chi connectivity index (χ4n) is 5.57. The molecule has 3 aliphatic rings. The quantitative estimate of drug-likeness (QED) is 0.712. The lowest BCUT2D eigenvalue weighted by Gasteiger charge is -2.43. The van der Waals surface area contributed by atoms with Crippen LogP contribution in [0.15, 0.2) is 18.2 Å². The van der Waals surface area contributed by atoms with Gasteiger partial charge in [-0.1, -0.05) is 0 Å². The largest absolute Gasteiger partial charge is 0.447 e. The molecule has 170 valence electrons. The molecule has 0 aliphatic carbocycles. The number of carbonyl (C=O) groups is 2. The molecule has 2 saturated heterocycles. The van der Waals surface area contributed by atoms with E-state index in [9.17, 15) is 14.0 Å². The Balaban J connectivity index is 1.41. The number of benzene rings is 1. The van der Waals surface area contributed by atoms with Gasteiger partial charge in [-0.3, -0.25) is 4.79 Å². The third kappa shape index (κ3) is 4.43. The van der Waals surface area contributed by atoms with Crippen molar-refractivity contribution >= 4 is 17.7 Å². The summed E-state index contributed by atoms with van der Waals surface area (Å²) in [5.41, 5.74) is 1.71. The van der Waals surface area contributed by atoms with Crippen molar-refractivity contribution in [1.82, 2.24) is 9.80 Å². The molecule has 0 saturated carbocycles. The van der Waals surface area contributed by atoms with Crippen molar-refractivity contribution in [2.45, 2.75) is 70.4 Å². The first-order valence-corrected chi connectivity index (χ1v) is 11.6. The van der Waals surface area contributed by atoms with Gasteiger partial charge in [0.1, 0.15) is 5.82 Å². The fraction of sp³-hybridized carbons (Fsp3) is 0.667. The van der Waals surface area contributed by atoms with Crippen LogP contribution in [0.5, 0.6) is 0 Å². The monoisotopic (exact) mass is 431 g/mol. The van der Waals surface area contributed by atoms with Gasteiger partial charge in [-0.05, 0) is 82.8 Å². The number of likely N-dealkylation sites (tertiary alicyclic amines) is 2. The molecule has 1 atom stereocenters. The van der Waals surface area contributed by atoms with Crippen molar-refractivity contribution < 1.29 is 18.7 Å². The molecule has 7 heteroatoms. The van der Waals surface area contributed by atoms with E-state index in [1.807, 2.05) is 23.6 Å². The van der Waals surface area contributed by atoms with E-state index >= 15 is 0 Å². The predicted octanol–water partition coefficient (Wildman–Crippen LogP) is 3.93. The van der Waals surface area contributed by atoms with E-state index in [4.69, 9.17) is 4.74 Å². The normalized spacial score (nSPS) is 23.7. The van der Waals surface area contributed by atoms with Crippen molar-refractivity contribution in [1.29, 1.82) is 0 Å². The number of piperidine rings is 1. The minimum Gasteiger partial charge on any atom is -0.447 e. The average molecular weight is 432 g/mol. The van der Waals surface area contributed by atoms with Crippen LogP contribution in [0.3, 0.4) is 0 Å². The van der Waals surface area contributed by atoms with Gasteiger partial charge in [0, 0.05) is 43.7 Å². The highest BCUT2D eigenvalue weighted by Gasteiger charge is 2.46. The molecule has 3 heterocycles. The number of nitrogens with zero attached hydrogens (tertiary/aromatic N) is 3. The number of amides is 2. The number of rotatable bonds is 2. The summed E-state index contributed by atoms with van der Waals surface area (Å²) in [5, 5.41) is 0. The zero-order valence-electron chi connectivity index (χ0n) is 18.9. The van der Waals surface area contributed by atoms with Crippen molar-refractivity contribution in [2.24, 2.45) is 0 Å². The summed E-state index contributed by atoms with van der Waals surface area (Å²) in [7, 11) is 0. The SMILES string of the molecule is CC(=O)N1CC2(CCN(C3CCCN(C(=O)OC(C)C)CC3)CC2)c2cc(F)ccc21. The Morgan fingerprint density at radius 3 is 2.55 bits per heavy atom. The van der Waals surface area contributed by atoms with Gasteiger partial charge in [0.05, 0.1) is 6.10 Å². The van der Waals surface area contributed by atoms with E-state index in [1.165, 1.54) is 6.07 Å². The van der Waals surface area contributed by atoms with Gasteiger partial charge in [-0.15, -0.1) is 0 Å². The molecule has 1 unspecified atom stereocenters. The van der Waals surface area contributed by atoms with Crippen molar-refractivity contribution in [2.75, 3.05) is 37.6 Å². The van der Waals surface area contributed by atoms with E-state index in [1.54, 1.807) is 19.1 Å². The van der Waals surface area contributed by atoms with E-state index in [2.05, 4.69) is 4.90 Å². The number of fused-ring (bicyclic) bond motifs is 2. The zero-order valence-corrected chi connectivity index (χ0v) is 18.9. The van der Waals surface area contributed by atoms with Gasteiger partial charge in [0.2, 0.25) is 5.91 Å². The molecule has 3 aliphatic heterocycles. The number of anilines is 1. The van der Waals surface area contributed by atoms with Crippen LogP contribution >= 0.6 is 0 Å². The van der Waals surface area contributed by atoms with Crippen LogP contribution in [0.2, 0.25) is 0 Å². The smallest absolute Gasteiger partial charge is 0.410 e. The van der Waals surface area contributed by atoms with E-state index in [-0.39, 0.29) is 29.3 Å². The summed E-state index contributed by atoms with van der Waals surface area (Å²) in [5.74, 6) is -0.215. The summed E-state index contributed by atoms with van der Waals surface area (Å²) in [6.07, 6.45) is 4.53. The van der Waals surface area contributed by atoms with Crippen LogP contribution in [-0.2, 0) is 14.9 Å². The molecule has 0 aromatic heterocycles. The highest BCUT2D eigenvalue weighted by atomic mass is 19.1. The number of hydrogen-bond acceptors (Lipinski definition) is 4. The molecule has 31 heavy (non-hydrogen) atoms. The van der Waals surface area contributed by atoms with Crippen LogP contribution in [0.4, 0.5) is 14.9 Å². The van der Waals surface area contributed by atoms with E-state index < -0.39 is 0 Å². The Kier molecular flexibility index (Phi) is 6.24. The topological polar surface area (TPSA) is 53.1 Å². The lowest BCUT2D eigenvalue weighted by atomic mass is 9.74. The third-order valence-electron chi connectivity index (χ3n) is 7.23. The second-order valence-corrected chi connectivity index (χ2v) is 9.59. The standard InChI is InChI=1S/C24H34FN3O3/c1-17(2)31-23(30)27-11-4-5-20(8-12-27)26-13-9-24(10-14-26)16-28(18(3)29)22-7-6-19(25)15-21(22)24/h6-7,15,17,20H,4-5,8-14,16H2,1-3H3. The van der Waals surface area contributed by atoms with E-state index in [0.717, 1.165) is 69.5 Å². The van der Waals surface area contributed by atoms with E-state index in [0.29, 0.717) is 12.6 Å². The molecule has 0 bridgehead atoms. The molecular weight excluding hydrogens is 397 g/mol. The predicted molar refractivity (Wildman–Crippen MR) is 118 cm³/mol. The molecule has 0 N–H and O–H groups in total. The maximum atomic E-state index is 14.1. The summed E-state index contributed by atoms with van der Waals surface area (Å²) >= 11 is 0. The maximum absolute atomic E-state index is 14.1. The lowest BCUT2D eigenvalue weighted by Crippen LogP contribution is -2.49. The first kappa shape index (κ1) is 22.1. The van der Waals surface area contributed by atoms with Gasteiger partial charge in [-0.2, -0.15) is 0 Å². The Labute approximate surface area is 184 Å². The Morgan fingerprint density at radius 1 is 1.13 bits per heavy atom. The van der Waals surface area contributed by atoms with Gasteiger partial charge in [-0.25, -0.2) is 9.18 Å². The minimum atomic E-state index is -0.233. The zero-order chi connectivity index (χ0) is 22.2. The molecule has 6 nitrogen and oxygen atoms in total. The van der Waals surface area contributed by atoms with Crippen molar-refractivity contribution in [3.8, 4) is 0 Å². The molecule has 2 amide bonds.